The highest BCUT2D eigenvalue weighted by molar-refractivity contribution is 7.92. The summed E-state index contributed by atoms with van der Waals surface area (Å²) in [5.41, 5.74) is 3.27. The van der Waals surface area contributed by atoms with Crippen molar-refractivity contribution in [2.24, 2.45) is 29.2 Å². The Bertz CT molecular complexity index is 1980. The van der Waals surface area contributed by atoms with Crippen LogP contribution in [0.3, 0.4) is 0 Å². The van der Waals surface area contributed by atoms with Gasteiger partial charge < -0.3 is 29.0 Å². The van der Waals surface area contributed by atoms with E-state index < -0.39 is 33.8 Å². The number of anilines is 1. The summed E-state index contributed by atoms with van der Waals surface area (Å²) in [7, 11) is 0.895. The quantitative estimate of drug-likeness (QED) is 0.299. The van der Waals surface area contributed by atoms with E-state index in [2.05, 4.69) is 25.1 Å². The second kappa shape index (κ2) is 17.7. The molecule has 1 aliphatic carbocycles. The van der Waals surface area contributed by atoms with Crippen LogP contribution in [-0.4, -0.2) is 89.5 Å². The fourth-order valence-electron chi connectivity index (χ4n) is 7.52. The van der Waals surface area contributed by atoms with Crippen LogP contribution in [0.2, 0.25) is 5.02 Å². The Kier molecular flexibility index (Phi) is 13.0. The predicted octanol–water partition coefficient (Wildman–Crippen LogP) is 5.38. The molecule has 0 spiro atoms. The Hall–Kier alpha value is -3.95. The molecule has 3 heterocycles. The predicted molar refractivity (Wildman–Crippen MR) is 207 cm³/mol. The molecule has 0 radical (unpaired) electrons. The van der Waals surface area contributed by atoms with E-state index in [1.807, 2.05) is 24.3 Å². The fourth-order valence-corrected chi connectivity index (χ4v) is 9.59. The second-order valence-electron chi connectivity index (χ2n) is 14.3. The average molecular weight is 784 g/mol. The number of hydrogen-bond acceptors (Lipinski definition) is 10. The van der Waals surface area contributed by atoms with Crippen LogP contribution in [0.1, 0.15) is 64.4 Å². The van der Waals surface area contributed by atoms with Crippen molar-refractivity contribution in [2.45, 2.75) is 57.8 Å². The minimum Gasteiger partial charge on any atom is -0.491 e. The normalized spacial score (nSPS) is 26.8. The van der Waals surface area contributed by atoms with E-state index in [1.165, 1.54) is 23.6 Å². The van der Waals surface area contributed by atoms with Crippen molar-refractivity contribution in [3.63, 3.8) is 0 Å². The van der Waals surface area contributed by atoms with Crippen molar-refractivity contribution in [3.8, 4) is 11.6 Å². The number of aliphatic hydroxyl groups is 1. The van der Waals surface area contributed by atoms with E-state index in [0.717, 1.165) is 43.4 Å². The van der Waals surface area contributed by atoms with Crippen molar-refractivity contribution in [1.82, 2.24) is 14.5 Å². The Morgan fingerprint density at radius 3 is 2.67 bits per heavy atom. The molecule has 6 rings (SSSR count). The number of methoxy groups -OCH3 is 2. The lowest BCUT2D eigenvalue weighted by atomic mass is 9.70. The number of hydrogen-bond donors (Lipinski definition) is 2. The zero-order valence-electron chi connectivity index (χ0n) is 31.2. The number of rotatable bonds is 7. The zero-order chi connectivity index (χ0) is 38.4. The number of nitrogens with one attached hydrogen (secondary N) is 1. The first kappa shape index (κ1) is 39.7. The molecule has 6 atom stereocenters. The van der Waals surface area contributed by atoms with E-state index in [1.54, 1.807) is 39.3 Å². The summed E-state index contributed by atoms with van der Waals surface area (Å²) < 4.78 is 46.9. The number of nitrogens with zero attached hydrogens (tertiary/aromatic N) is 4. The van der Waals surface area contributed by atoms with Crippen molar-refractivity contribution in [1.29, 1.82) is 0 Å². The molecule has 54 heavy (non-hydrogen) atoms. The highest BCUT2D eigenvalue weighted by Gasteiger charge is 2.38. The van der Waals surface area contributed by atoms with Crippen LogP contribution in [0, 0.1) is 17.8 Å². The first-order valence-electron chi connectivity index (χ1n) is 18.4. The summed E-state index contributed by atoms with van der Waals surface area (Å²) in [6, 6.07) is 11.2. The van der Waals surface area contributed by atoms with E-state index in [4.69, 9.17) is 30.5 Å². The van der Waals surface area contributed by atoms with Crippen LogP contribution in [0.4, 0.5) is 5.69 Å². The van der Waals surface area contributed by atoms with Gasteiger partial charge in [0.1, 0.15) is 21.2 Å². The van der Waals surface area contributed by atoms with Crippen LogP contribution in [0.25, 0.3) is 0 Å². The molecule has 1 fully saturated rings. The molecule has 1 saturated carbocycles. The molecule has 1 aromatic heterocycles. The third kappa shape index (κ3) is 9.28. The lowest BCUT2D eigenvalue weighted by Crippen LogP contribution is -2.43. The number of aryl methyl sites for hydroxylation is 2. The van der Waals surface area contributed by atoms with Gasteiger partial charge in [0.25, 0.3) is 11.8 Å². The summed E-state index contributed by atoms with van der Waals surface area (Å²) in [5, 5.41) is 14.5. The first-order valence-corrected chi connectivity index (χ1v) is 20.5. The van der Waals surface area contributed by atoms with Crippen LogP contribution >= 0.6 is 11.6 Å². The summed E-state index contributed by atoms with van der Waals surface area (Å²) >= 11 is 6.48. The molecule has 292 valence electrons. The molecule has 13 nitrogen and oxygen atoms in total. The van der Waals surface area contributed by atoms with Gasteiger partial charge in [0.05, 0.1) is 50.6 Å². The molecule has 15 heteroatoms. The largest absolute Gasteiger partial charge is 0.491 e. The van der Waals surface area contributed by atoms with Crippen LogP contribution in [0.5, 0.6) is 11.6 Å². The summed E-state index contributed by atoms with van der Waals surface area (Å²) in [6.45, 7) is 3.30. The summed E-state index contributed by atoms with van der Waals surface area (Å²) in [4.78, 5) is 30.1. The molecular formula is C39H50ClN5O8S. The molecule has 3 aliphatic rings. The molecule has 0 saturated heterocycles. The van der Waals surface area contributed by atoms with E-state index in [9.17, 15) is 18.9 Å². The first-order chi connectivity index (χ1) is 26.0. The fraction of sp³-hybridized carbons (Fsp3) is 0.513. The summed E-state index contributed by atoms with van der Waals surface area (Å²) in [6.07, 6.45) is 8.97. The van der Waals surface area contributed by atoms with Crippen LogP contribution in [0.15, 0.2) is 59.1 Å². The maximum absolute atomic E-state index is 14.9. The molecule has 2 N–H and O–H groups in total. The lowest BCUT2D eigenvalue weighted by Gasteiger charge is -2.43. The number of fused-ring (bicyclic) bond motifs is 3. The van der Waals surface area contributed by atoms with E-state index in [-0.39, 0.29) is 53.9 Å². The Balaban J connectivity index is 1.48. The van der Waals surface area contributed by atoms with Gasteiger partial charge in [0.15, 0.2) is 0 Å². The number of carbonyl (C=O) groups is 2. The number of amides is 2. The number of benzene rings is 2. The average Bonchev–Trinajstić information content (AvgIpc) is 3.51. The number of carbonyl (C=O) groups excluding carboxylic acids is 2. The van der Waals surface area contributed by atoms with Gasteiger partial charge in [-0.05, 0) is 85.4 Å². The third-order valence-electron chi connectivity index (χ3n) is 10.5. The molecular weight excluding hydrogens is 734 g/mol. The third-order valence-corrected chi connectivity index (χ3v) is 12.6. The van der Waals surface area contributed by atoms with Gasteiger partial charge in [0.2, 0.25) is 5.88 Å². The maximum atomic E-state index is 14.9. The second-order valence-corrected chi connectivity index (χ2v) is 16.7. The number of halogens is 1. The number of ether oxygens (including phenoxy) is 4. The van der Waals surface area contributed by atoms with Gasteiger partial charge in [-0.25, -0.2) is 4.21 Å². The minimum atomic E-state index is -3.80. The highest BCUT2D eigenvalue weighted by atomic mass is 35.5. The van der Waals surface area contributed by atoms with Crippen molar-refractivity contribution < 1.29 is 37.9 Å². The highest BCUT2D eigenvalue weighted by Crippen LogP contribution is 2.42. The van der Waals surface area contributed by atoms with Crippen LogP contribution in [-0.2, 0) is 39.4 Å². The minimum absolute atomic E-state index is 0.0262. The van der Waals surface area contributed by atoms with Gasteiger partial charge in [-0.15, -0.1) is 9.46 Å². The van der Waals surface area contributed by atoms with Crippen LogP contribution < -0.4 is 19.1 Å². The molecule has 3 aromatic rings. The van der Waals surface area contributed by atoms with Gasteiger partial charge in [0, 0.05) is 49.9 Å². The SMILES string of the molecule is COc1nn(C)cc1C(=O)NS1(=O)=NC(=O)c2ccc3c(c2)N(Cc2ccc(Cl)cc2CCCCO3)C[C@@H]2CC[C@H]2[C@@H](OC)/C=C/[C@H](OCCO)[C@H](C)C1. The Morgan fingerprint density at radius 2 is 1.93 bits per heavy atom. The molecule has 2 bridgehead atoms. The lowest BCUT2D eigenvalue weighted by molar-refractivity contribution is 0.00929. The smallest absolute Gasteiger partial charge is 0.286 e. The topological polar surface area (TPSA) is 154 Å². The van der Waals surface area contributed by atoms with Crippen molar-refractivity contribution >= 4 is 39.0 Å². The van der Waals surface area contributed by atoms with E-state index >= 15 is 0 Å². The standard InChI is InChI=1S/C39H50ClN5O8S/c1-25-24-54(49,43-38(48)32-23-44(2)41-39(32)51-4)42-37(47)27-10-13-36-33(20-27)45(21-28-8-11-30(40)19-26(28)7-5-6-17-52-36)22-29-9-12-31(29)35(50-3)15-14-34(25)53-18-16-46/h8,10-11,13-15,19-20,23,25,29,31,34-35,46H,5-7,9,12,16-18,21-22,24H2,1-4H3,(H,42,43,47,48,49)/b15-14+/t25-,29+,31-,34+,35+,54?/m1/s1. The van der Waals surface area contributed by atoms with Crippen molar-refractivity contribution in [3.05, 3.63) is 82.0 Å². The van der Waals surface area contributed by atoms with Gasteiger partial charge in [-0.3, -0.25) is 19.0 Å². The van der Waals surface area contributed by atoms with E-state index in [0.29, 0.717) is 30.5 Å². The molecule has 2 amide bonds. The Morgan fingerprint density at radius 1 is 1.11 bits per heavy atom. The molecule has 2 aromatic carbocycles. The zero-order valence-corrected chi connectivity index (χ0v) is 32.8. The van der Waals surface area contributed by atoms with Gasteiger partial charge in [-0.2, -0.15) is 0 Å². The monoisotopic (exact) mass is 783 g/mol. The van der Waals surface area contributed by atoms with Crippen molar-refractivity contribution in [2.75, 3.05) is 51.2 Å². The Labute approximate surface area is 322 Å². The molecule has 1 unspecified atom stereocenters. The van der Waals surface area contributed by atoms with Gasteiger partial charge in [-0.1, -0.05) is 36.7 Å². The summed E-state index contributed by atoms with van der Waals surface area (Å²) in [5.74, 6) is -1.16. The molecule has 2 aliphatic heterocycles. The number of aliphatic hydroxyl groups excluding tert-OH is 1. The maximum Gasteiger partial charge on any atom is 0.286 e. The number of aromatic nitrogens is 2. The van der Waals surface area contributed by atoms with Gasteiger partial charge >= 0.3 is 0 Å².